The number of hydrogen-bond donors (Lipinski definition) is 1. The molecule has 0 spiro atoms. The summed E-state index contributed by atoms with van der Waals surface area (Å²) in [4.78, 5) is 14.5. The highest BCUT2D eigenvalue weighted by molar-refractivity contribution is 7.92. The van der Waals surface area contributed by atoms with E-state index in [0.29, 0.717) is 30.9 Å². The Kier molecular flexibility index (Phi) is 7.63. The molecule has 1 aliphatic heterocycles. The molecule has 0 radical (unpaired) electrons. The third kappa shape index (κ3) is 5.66. The van der Waals surface area contributed by atoms with Gasteiger partial charge in [-0.05, 0) is 61.7 Å². The van der Waals surface area contributed by atoms with Crippen LogP contribution in [0.2, 0.25) is 10.0 Å². The van der Waals surface area contributed by atoms with Gasteiger partial charge in [0.1, 0.15) is 4.90 Å². The Bertz CT molecular complexity index is 997. The molecule has 2 aromatic carbocycles. The van der Waals surface area contributed by atoms with E-state index in [-0.39, 0.29) is 27.0 Å². The molecular formula is C21H24Cl2N2O4S. The Labute approximate surface area is 187 Å². The van der Waals surface area contributed by atoms with E-state index < -0.39 is 10.0 Å². The molecule has 3 rings (SSSR count). The van der Waals surface area contributed by atoms with Crippen molar-refractivity contribution in [2.24, 2.45) is 0 Å². The van der Waals surface area contributed by atoms with Gasteiger partial charge in [-0.3, -0.25) is 9.52 Å². The second kappa shape index (κ2) is 10.0. The maximum absolute atomic E-state index is 12.8. The van der Waals surface area contributed by atoms with Gasteiger partial charge in [0.25, 0.3) is 15.9 Å². The van der Waals surface area contributed by atoms with Crippen LogP contribution in [-0.2, 0) is 14.8 Å². The number of hydrogen-bond acceptors (Lipinski definition) is 4. The summed E-state index contributed by atoms with van der Waals surface area (Å²) in [6, 6.07) is 10.6. The number of ether oxygens (including phenoxy) is 1. The normalized spacial score (nSPS) is 17.0. The second-order valence-corrected chi connectivity index (χ2v) is 9.64. The predicted molar refractivity (Wildman–Crippen MR) is 119 cm³/mol. The second-order valence-electron chi connectivity index (χ2n) is 7.14. The van der Waals surface area contributed by atoms with Gasteiger partial charge >= 0.3 is 0 Å². The summed E-state index contributed by atoms with van der Waals surface area (Å²) < 4.78 is 33.5. The van der Waals surface area contributed by atoms with E-state index in [9.17, 15) is 13.2 Å². The van der Waals surface area contributed by atoms with Crippen molar-refractivity contribution in [3.63, 3.8) is 0 Å². The number of benzene rings is 2. The quantitative estimate of drug-likeness (QED) is 0.628. The number of carbonyl (C=O) groups excluding carboxylic acids is 1. The van der Waals surface area contributed by atoms with Crippen LogP contribution in [0.4, 0.5) is 5.69 Å². The van der Waals surface area contributed by atoms with Crippen LogP contribution in [0.15, 0.2) is 47.4 Å². The van der Waals surface area contributed by atoms with E-state index in [2.05, 4.69) is 11.6 Å². The summed E-state index contributed by atoms with van der Waals surface area (Å²) in [7, 11) is -3.91. The molecule has 0 saturated carbocycles. The number of nitrogens with zero attached hydrogens (tertiary/aromatic N) is 1. The minimum Gasteiger partial charge on any atom is -0.376 e. The van der Waals surface area contributed by atoms with E-state index in [1.165, 1.54) is 18.2 Å². The van der Waals surface area contributed by atoms with Gasteiger partial charge in [0.15, 0.2) is 0 Å². The zero-order valence-corrected chi connectivity index (χ0v) is 18.9. The van der Waals surface area contributed by atoms with Gasteiger partial charge in [0.05, 0.1) is 11.1 Å². The standard InChI is InChI=1S/C21H24Cl2N2O4S/c1-2-12-29-18-4-3-11-25(14-18)21(26)15-5-8-17(9-6-15)24-30(27,28)20-13-16(22)7-10-19(20)23/h5-10,13,18,24H,2-4,11-12,14H2,1H3. The number of nitrogens with one attached hydrogen (secondary N) is 1. The van der Waals surface area contributed by atoms with Gasteiger partial charge in [0.2, 0.25) is 0 Å². The summed E-state index contributed by atoms with van der Waals surface area (Å²) >= 11 is 11.9. The Morgan fingerprint density at radius 3 is 2.63 bits per heavy atom. The van der Waals surface area contributed by atoms with Crippen molar-refractivity contribution in [1.82, 2.24) is 4.90 Å². The number of halogens is 2. The first-order valence-electron chi connectivity index (χ1n) is 9.79. The smallest absolute Gasteiger partial charge is 0.263 e. The fourth-order valence-electron chi connectivity index (χ4n) is 3.30. The number of rotatable bonds is 7. The first-order valence-corrected chi connectivity index (χ1v) is 12.0. The van der Waals surface area contributed by atoms with Gasteiger partial charge in [-0.15, -0.1) is 0 Å². The topological polar surface area (TPSA) is 75.7 Å². The Morgan fingerprint density at radius 1 is 1.20 bits per heavy atom. The molecule has 1 unspecified atom stereocenters. The predicted octanol–water partition coefficient (Wildman–Crippen LogP) is 4.83. The van der Waals surface area contributed by atoms with Crippen molar-refractivity contribution >= 4 is 44.8 Å². The van der Waals surface area contributed by atoms with Crippen LogP contribution in [-0.4, -0.2) is 45.0 Å². The van der Waals surface area contributed by atoms with E-state index in [0.717, 1.165) is 19.3 Å². The van der Waals surface area contributed by atoms with Gasteiger partial charge in [0, 0.05) is 36.0 Å². The lowest BCUT2D eigenvalue weighted by Crippen LogP contribution is -2.43. The summed E-state index contributed by atoms with van der Waals surface area (Å²) in [5.74, 6) is -0.0907. The molecule has 30 heavy (non-hydrogen) atoms. The first kappa shape index (κ1) is 22.9. The van der Waals surface area contributed by atoms with Gasteiger partial charge < -0.3 is 9.64 Å². The Hall–Kier alpha value is -1.80. The average molecular weight is 471 g/mol. The number of anilines is 1. The van der Waals surface area contributed by atoms with E-state index in [1.54, 1.807) is 29.2 Å². The fraction of sp³-hybridized carbons (Fsp3) is 0.381. The number of sulfonamides is 1. The third-order valence-electron chi connectivity index (χ3n) is 4.79. The van der Waals surface area contributed by atoms with E-state index in [4.69, 9.17) is 27.9 Å². The van der Waals surface area contributed by atoms with Crippen LogP contribution in [0.1, 0.15) is 36.5 Å². The van der Waals surface area contributed by atoms with Crippen LogP contribution >= 0.6 is 23.2 Å². The molecular weight excluding hydrogens is 447 g/mol. The van der Waals surface area contributed by atoms with Crippen molar-refractivity contribution < 1.29 is 17.9 Å². The molecule has 6 nitrogen and oxygen atoms in total. The highest BCUT2D eigenvalue weighted by atomic mass is 35.5. The van der Waals surface area contributed by atoms with Crippen molar-refractivity contribution in [2.45, 2.75) is 37.2 Å². The van der Waals surface area contributed by atoms with Crippen molar-refractivity contribution in [3.05, 3.63) is 58.1 Å². The molecule has 1 N–H and O–H groups in total. The summed E-state index contributed by atoms with van der Waals surface area (Å²) in [6.45, 7) is 4.01. The molecule has 1 fully saturated rings. The van der Waals surface area contributed by atoms with E-state index >= 15 is 0 Å². The van der Waals surface area contributed by atoms with Gasteiger partial charge in [-0.2, -0.15) is 0 Å². The maximum Gasteiger partial charge on any atom is 0.263 e. The third-order valence-corrected chi connectivity index (χ3v) is 6.89. The van der Waals surface area contributed by atoms with Crippen LogP contribution < -0.4 is 4.72 Å². The largest absolute Gasteiger partial charge is 0.376 e. The minimum atomic E-state index is -3.91. The van der Waals surface area contributed by atoms with Crippen LogP contribution in [0.25, 0.3) is 0 Å². The van der Waals surface area contributed by atoms with Gasteiger partial charge in [-0.1, -0.05) is 30.1 Å². The molecule has 0 bridgehead atoms. The minimum absolute atomic E-state index is 0.0659. The number of likely N-dealkylation sites (tertiary alicyclic amines) is 1. The molecule has 0 aromatic heterocycles. The highest BCUT2D eigenvalue weighted by Crippen LogP contribution is 2.27. The maximum atomic E-state index is 12.8. The average Bonchev–Trinajstić information content (AvgIpc) is 2.74. The molecule has 9 heteroatoms. The monoisotopic (exact) mass is 470 g/mol. The molecule has 1 aliphatic rings. The lowest BCUT2D eigenvalue weighted by Gasteiger charge is -2.32. The van der Waals surface area contributed by atoms with Crippen LogP contribution in [0.5, 0.6) is 0 Å². The highest BCUT2D eigenvalue weighted by Gasteiger charge is 2.25. The lowest BCUT2D eigenvalue weighted by molar-refractivity contribution is 0.00211. The SMILES string of the molecule is CCCOC1CCCN(C(=O)c2ccc(NS(=O)(=O)c3cc(Cl)ccc3Cl)cc2)C1. The fourth-order valence-corrected chi connectivity index (χ4v) is 5.12. The lowest BCUT2D eigenvalue weighted by atomic mass is 10.1. The molecule has 2 aromatic rings. The number of piperidine rings is 1. The van der Waals surface area contributed by atoms with Crippen LogP contribution in [0.3, 0.4) is 0 Å². The van der Waals surface area contributed by atoms with Crippen molar-refractivity contribution in [3.8, 4) is 0 Å². The molecule has 0 aliphatic carbocycles. The Balaban J connectivity index is 1.68. The molecule has 1 heterocycles. The molecule has 1 atom stereocenters. The molecule has 162 valence electrons. The molecule has 1 amide bonds. The Morgan fingerprint density at radius 2 is 1.93 bits per heavy atom. The summed E-state index contributed by atoms with van der Waals surface area (Å²) in [5.41, 5.74) is 0.820. The van der Waals surface area contributed by atoms with E-state index in [1.807, 2.05) is 0 Å². The van der Waals surface area contributed by atoms with Crippen molar-refractivity contribution in [2.75, 3.05) is 24.4 Å². The zero-order valence-electron chi connectivity index (χ0n) is 16.6. The number of amides is 1. The summed E-state index contributed by atoms with van der Waals surface area (Å²) in [6.07, 6.45) is 2.87. The van der Waals surface area contributed by atoms with Crippen LogP contribution in [0, 0.1) is 0 Å². The van der Waals surface area contributed by atoms with Crippen molar-refractivity contribution in [1.29, 1.82) is 0 Å². The summed E-state index contributed by atoms with van der Waals surface area (Å²) in [5, 5.41) is 0.340. The molecule has 1 saturated heterocycles. The zero-order chi connectivity index (χ0) is 21.7. The first-order chi connectivity index (χ1) is 14.3. The number of carbonyl (C=O) groups is 1. The van der Waals surface area contributed by atoms with Gasteiger partial charge in [-0.25, -0.2) is 8.42 Å².